The molecule has 1 saturated carbocycles. The van der Waals surface area contributed by atoms with E-state index in [4.69, 9.17) is 15.2 Å². The Morgan fingerprint density at radius 1 is 1.05 bits per heavy atom. The molecule has 0 bridgehead atoms. The number of halogens is 3. The highest BCUT2D eigenvalue weighted by Crippen LogP contribution is 2.40. The topological polar surface area (TPSA) is 87.3 Å². The average molecular weight is 568 g/mol. The molecule has 0 unspecified atom stereocenters. The molecule has 3 aromatic rings. The molecule has 0 amide bonds. The van der Waals surface area contributed by atoms with Crippen LogP contribution in [0.2, 0.25) is 0 Å². The lowest BCUT2D eigenvalue weighted by atomic mass is 9.71. The number of hydrogen-bond acceptors (Lipinski definition) is 6. The molecule has 0 radical (unpaired) electrons. The molecule has 41 heavy (non-hydrogen) atoms. The van der Waals surface area contributed by atoms with Crippen molar-refractivity contribution in [3.63, 3.8) is 0 Å². The molecule has 3 heterocycles. The van der Waals surface area contributed by atoms with Gasteiger partial charge in [-0.2, -0.15) is 0 Å². The van der Waals surface area contributed by atoms with Crippen molar-refractivity contribution in [3.05, 3.63) is 77.0 Å². The fourth-order valence-corrected chi connectivity index (χ4v) is 6.06. The fourth-order valence-electron chi connectivity index (χ4n) is 6.06. The van der Waals surface area contributed by atoms with Gasteiger partial charge in [0, 0.05) is 49.8 Å². The summed E-state index contributed by atoms with van der Waals surface area (Å²) in [5.74, 6) is -2.19. The third-order valence-electron chi connectivity index (χ3n) is 8.31. The predicted molar refractivity (Wildman–Crippen MR) is 149 cm³/mol. The Morgan fingerprint density at radius 3 is 2.49 bits per heavy atom. The van der Waals surface area contributed by atoms with Gasteiger partial charge in [0.1, 0.15) is 40.7 Å². The highest BCUT2D eigenvalue weighted by atomic mass is 19.1. The standard InChI is InChI=1S/C32H36F3N3O3/c1-18(2)19-11-20(13-22(36)12-19)25-5-8-37-17-21(25)14-30(39)29-4-3-26(33)32(38-29)31-27(34)15-24(16-28(31)35)41-23-6-9-40-10-7-23/h3-5,8,15-20,22-23H,6-7,9-14,36H2,1-2H3/t19-,20+,22-/m0/s1. The summed E-state index contributed by atoms with van der Waals surface area (Å²) >= 11 is 0. The van der Waals surface area contributed by atoms with Gasteiger partial charge in [0.15, 0.2) is 5.78 Å². The summed E-state index contributed by atoms with van der Waals surface area (Å²) in [6, 6.07) is 6.30. The number of carbonyl (C=O) groups is 1. The van der Waals surface area contributed by atoms with Gasteiger partial charge in [-0.25, -0.2) is 18.2 Å². The monoisotopic (exact) mass is 567 g/mol. The van der Waals surface area contributed by atoms with E-state index in [0.29, 0.717) is 37.9 Å². The molecule has 2 aromatic heterocycles. The number of nitrogens with two attached hydrogens (primary N) is 1. The van der Waals surface area contributed by atoms with Crippen LogP contribution in [-0.2, 0) is 11.2 Å². The number of ketones is 1. The molecular weight excluding hydrogens is 531 g/mol. The maximum absolute atomic E-state index is 15.1. The van der Waals surface area contributed by atoms with Gasteiger partial charge in [-0.1, -0.05) is 13.8 Å². The molecule has 218 valence electrons. The Bertz CT molecular complexity index is 1370. The lowest BCUT2D eigenvalue weighted by molar-refractivity contribution is 0.0253. The van der Waals surface area contributed by atoms with Crippen LogP contribution in [0.15, 0.2) is 42.7 Å². The number of rotatable bonds is 8. The molecule has 2 fully saturated rings. The minimum atomic E-state index is -1.02. The third-order valence-corrected chi connectivity index (χ3v) is 8.31. The summed E-state index contributed by atoms with van der Waals surface area (Å²) in [4.78, 5) is 21.7. The molecule has 0 spiro atoms. The predicted octanol–water partition coefficient (Wildman–Crippen LogP) is 6.41. The summed E-state index contributed by atoms with van der Waals surface area (Å²) < 4.78 is 56.1. The quantitative estimate of drug-likeness (QED) is 0.317. The highest BCUT2D eigenvalue weighted by Gasteiger charge is 2.31. The fraction of sp³-hybridized carbons (Fsp3) is 0.469. The van der Waals surface area contributed by atoms with Gasteiger partial charge >= 0.3 is 0 Å². The molecule has 9 heteroatoms. The van der Waals surface area contributed by atoms with Gasteiger partial charge < -0.3 is 15.2 Å². The van der Waals surface area contributed by atoms with Crippen molar-refractivity contribution in [1.82, 2.24) is 9.97 Å². The van der Waals surface area contributed by atoms with E-state index < -0.39 is 34.5 Å². The smallest absolute Gasteiger partial charge is 0.185 e. The zero-order valence-corrected chi connectivity index (χ0v) is 23.4. The maximum Gasteiger partial charge on any atom is 0.185 e. The van der Waals surface area contributed by atoms with Crippen LogP contribution >= 0.6 is 0 Å². The van der Waals surface area contributed by atoms with Crippen LogP contribution < -0.4 is 10.5 Å². The number of pyridine rings is 2. The van der Waals surface area contributed by atoms with Crippen molar-refractivity contribution in [2.75, 3.05) is 13.2 Å². The van der Waals surface area contributed by atoms with Gasteiger partial charge in [-0.15, -0.1) is 0 Å². The second-order valence-corrected chi connectivity index (χ2v) is 11.6. The van der Waals surface area contributed by atoms with Crippen LogP contribution in [0.4, 0.5) is 13.2 Å². The molecule has 1 aliphatic carbocycles. The summed E-state index contributed by atoms with van der Waals surface area (Å²) in [5, 5.41) is 0. The van der Waals surface area contributed by atoms with Crippen molar-refractivity contribution < 1.29 is 27.4 Å². The van der Waals surface area contributed by atoms with Crippen LogP contribution in [-0.4, -0.2) is 41.1 Å². The Hall–Kier alpha value is -3.30. The summed E-state index contributed by atoms with van der Waals surface area (Å²) in [6.45, 7) is 5.42. The van der Waals surface area contributed by atoms with Gasteiger partial charge in [0.25, 0.3) is 0 Å². The second-order valence-electron chi connectivity index (χ2n) is 11.6. The molecule has 1 aromatic carbocycles. The lowest BCUT2D eigenvalue weighted by Gasteiger charge is -2.36. The van der Waals surface area contributed by atoms with Gasteiger partial charge in [-0.05, 0) is 66.3 Å². The summed E-state index contributed by atoms with van der Waals surface area (Å²) in [6.07, 6.45) is 7.12. The van der Waals surface area contributed by atoms with E-state index in [9.17, 15) is 9.18 Å². The van der Waals surface area contributed by atoms with Crippen LogP contribution in [0.25, 0.3) is 11.3 Å². The molecule has 2 aliphatic rings. The Morgan fingerprint density at radius 2 is 1.78 bits per heavy atom. The van der Waals surface area contributed by atoms with Crippen molar-refractivity contribution in [3.8, 4) is 17.0 Å². The minimum absolute atomic E-state index is 0.00883. The van der Waals surface area contributed by atoms with E-state index in [2.05, 4.69) is 23.8 Å². The lowest BCUT2D eigenvalue weighted by Crippen LogP contribution is -2.34. The van der Waals surface area contributed by atoms with Gasteiger partial charge in [-0.3, -0.25) is 9.78 Å². The van der Waals surface area contributed by atoms with Crippen LogP contribution in [0.3, 0.4) is 0 Å². The SMILES string of the molecule is CC(C)[C@@H]1C[C@H](N)C[C@H](c2ccncc2CC(=O)c2ccc(F)c(-c3c(F)cc(OC4CCOCC4)cc3F)n2)C1. The number of Topliss-reactive ketones (excluding diaryl/α,β-unsaturated/α-hetero) is 1. The molecule has 2 N–H and O–H groups in total. The summed E-state index contributed by atoms with van der Waals surface area (Å²) in [5.41, 5.74) is 6.88. The number of benzene rings is 1. The highest BCUT2D eigenvalue weighted by molar-refractivity contribution is 5.96. The van der Waals surface area contributed by atoms with E-state index in [1.807, 2.05) is 6.07 Å². The first-order valence-corrected chi connectivity index (χ1v) is 14.3. The number of carbonyl (C=O) groups excluding carboxylic acids is 1. The number of aromatic nitrogens is 2. The van der Waals surface area contributed by atoms with Gasteiger partial charge in [0.05, 0.1) is 18.8 Å². The number of nitrogens with zero attached hydrogens (tertiary/aromatic N) is 2. The largest absolute Gasteiger partial charge is 0.490 e. The normalized spacial score (nSPS) is 21.7. The summed E-state index contributed by atoms with van der Waals surface area (Å²) in [7, 11) is 0. The van der Waals surface area contributed by atoms with Crippen molar-refractivity contribution >= 4 is 5.78 Å². The van der Waals surface area contributed by atoms with Crippen LogP contribution in [0.1, 0.15) is 73.5 Å². The first kappa shape index (κ1) is 29.2. The Labute approximate surface area is 238 Å². The van der Waals surface area contributed by atoms with E-state index >= 15 is 8.78 Å². The number of hydrogen-bond donors (Lipinski definition) is 1. The van der Waals surface area contributed by atoms with Gasteiger partial charge in [0.2, 0.25) is 0 Å². The molecule has 3 atom stereocenters. The zero-order chi connectivity index (χ0) is 29.1. The average Bonchev–Trinajstić information content (AvgIpc) is 2.94. The van der Waals surface area contributed by atoms with E-state index in [1.165, 1.54) is 6.07 Å². The minimum Gasteiger partial charge on any atom is -0.490 e. The van der Waals surface area contributed by atoms with E-state index in [1.54, 1.807) is 12.4 Å². The maximum atomic E-state index is 15.1. The molecular formula is C32H36F3N3O3. The van der Waals surface area contributed by atoms with Crippen LogP contribution in [0.5, 0.6) is 5.75 Å². The molecule has 5 rings (SSSR count). The third kappa shape index (κ3) is 6.79. The molecule has 1 saturated heterocycles. The van der Waals surface area contributed by atoms with Crippen molar-refractivity contribution in [2.45, 2.75) is 70.4 Å². The Kier molecular flexibility index (Phi) is 9.04. The zero-order valence-electron chi connectivity index (χ0n) is 23.4. The molecule has 1 aliphatic heterocycles. The van der Waals surface area contributed by atoms with Crippen molar-refractivity contribution in [2.24, 2.45) is 17.6 Å². The Balaban J connectivity index is 1.38. The van der Waals surface area contributed by atoms with Crippen LogP contribution in [0, 0.1) is 29.3 Å². The van der Waals surface area contributed by atoms with E-state index in [-0.39, 0.29) is 35.9 Å². The molecule has 6 nitrogen and oxygen atoms in total. The first-order valence-electron chi connectivity index (χ1n) is 14.3. The first-order chi connectivity index (χ1) is 19.7. The number of ether oxygens (including phenoxy) is 2. The van der Waals surface area contributed by atoms with Crippen molar-refractivity contribution in [1.29, 1.82) is 0 Å². The second kappa shape index (κ2) is 12.7. The van der Waals surface area contributed by atoms with E-state index in [0.717, 1.165) is 48.6 Å².